The normalized spacial score (nSPS) is 11.5. The molecule has 0 saturated carbocycles. The Morgan fingerprint density at radius 3 is 2.74 bits per heavy atom. The van der Waals surface area contributed by atoms with Gasteiger partial charge in [0.25, 0.3) is 0 Å². The average molecular weight is 313 g/mol. The van der Waals surface area contributed by atoms with Crippen LogP contribution >= 0.6 is 11.3 Å². The lowest BCUT2D eigenvalue weighted by atomic mass is 10.1. The number of aromatic nitrogens is 3. The lowest BCUT2D eigenvalue weighted by molar-refractivity contribution is 1.29. The van der Waals surface area contributed by atoms with E-state index in [0.717, 1.165) is 27.0 Å². The van der Waals surface area contributed by atoms with Gasteiger partial charge in [-0.2, -0.15) is 0 Å². The van der Waals surface area contributed by atoms with Crippen LogP contribution in [0.3, 0.4) is 0 Å². The molecule has 5 aromatic rings. The number of benzene rings is 1. The highest BCUT2D eigenvalue weighted by Crippen LogP contribution is 2.34. The topological polar surface area (TPSA) is 38.7 Å². The van der Waals surface area contributed by atoms with Gasteiger partial charge in [0, 0.05) is 44.8 Å². The molecule has 4 heteroatoms. The molecular weight excluding hydrogens is 302 g/mol. The van der Waals surface area contributed by atoms with Crippen molar-refractivity contribution in [2.45, 2.75) is 0 Å². The summed E-state index contributed by atoms with van der Waals surface area (Å²) in [4.78, 5) is 14.7. The highest BCUT2D eigenvalue weighted by Gasteiger charge is 2.10. The number of pyridine rings is 3. The van der Waals surface area contributed by atoms with Crippen molar-refractivity contribution in [3.8, 4) is 11.4 Å². The van der Waals surface area contributed by atoms with Crippen molar-refractivity contribution in [3.63, 3.8) is 0 Å². The van der Waals surface area contributed by atoms with Crippen molar-refractivity contribution in [3.05, 3.63) is 67.1 Å². The first-order valence-electron chi connectivity index (χ1n) is 7.37. The number of thiophene rings is 1. The molecule has 0 aliphatic heterocycles. The third-order valence-corrected chi connectivity index (χ3v) is 5.13. The first kappa shape index (κ1) is 12.7. The van der Waals surface area contributed by atoms with Crippen LogP contribution in [0.1, 0.15) is 0 Å². The summed E-state index contributed by atoms with van der Waals surface area (Å²) >= 11 is 1.72. The van der Waals surface area contributed by atoms with Crippen LogP contribution in [0.15, 0.2) is 67.1 Å². The molecule has 0 aliphatic rings. The van der Waals surface area contributed by atoms with Crippen LogP contribution in [0.5, 0.6) is 0 Å². The maximum Gasteiger partial charge on any atom is 0.125 e. The number of fused-ring (bicyclic) bond motifs is 4. The third-order valence-electron chi connectivity index (χ3n) is 4.05. The molecule has 0 radical (unpaired) electrons. The third kappa shape index (κ3) is 1.92. The second-order valence-corrected chi connectivity index (χ2v) is 6.43. The van der Waals surface area contributed by atoms with Crippen molar-refractivity contribution >= 4 is 42.4 Å². The lowest BCUT2D eigenvalue weighted by Gasteiger charge is -2.04. The molecule has 0 fully saturated rings. The molecule has 4 aromatic heterocycles. The van der Waals surface area contributed by atoms with Crippen LogP contribution in [0.25, 0.3) is 42.5 Å². The van der Waals surface area contributed by atoms with Gasteiger partial charge in [0.1, 0.15) is 4.83 Å². The van der Waals surface area contributed by atoms with Gasteiger partial charge in [-0.15, -0.1) is 11.3 Å². The standard InChI is InChI=1S/C19H11N3S/c1-2-4-17-14(3-1)15-5-6-16(22-19(15)23-17)18-13-8-9-20-11-12(13)7-10-21-18/h1-11H. The molecule has 0 amide bonds. The first-order valence-corrected chi connectivity index (χ1v) is 8.19. The second kappa shape index (κ2) is 4.83. The summed E-state index contributed by atoms with van der Waals surface area (Å²) in [5.74, 6) is 0. The summed E-state index contributed by atoms with van der Waals surface area (Å²) < 4.78 is 1.27. The SMILES string of the molecule is c1ccc2c(c1)sc1nc(-c3nccc4cnccc34)ccc12. The van der Waals surface area contributed by atoms with Crippen molar-refractivity contribution in [2.24, 2.45) is 0 Å². The molecule has 4 heterocycles. The number of hydrogen-bond donors (Lipinski definition) is 0. The van der Waals surface area contributed by atoms with Crippen LogP contribution in [-0.2, 0) is 0 Å². The van der Waals surface area contributed by atoms with E-state index in [0.29, 0.717) is 0 Å². The van der Waals surface area contributed by atoms with Crippen molar-refractivity contribution in [1.82, 2.24) is 15.0 Å². The summed E-state index contributed by atoms with van der Waals surface area (Å²) in [7, 11) is 0. The van der Waals surface area contributed by atoms with Gasteiger partial charge in [-0.3, -0.25) is 9.97 Å². The molecule has 0 bridgehead atoms. The maximum atomic E-state index is 4.87. The fourth-order valence-corrected chi connectivity index (χ4v) is 4.03. The second-order valence-electron chi connectivity index (χ2n) is 5.40. The van der Waals surface area contributed by atoms with E-state index in [1.54, 1.807) is 17.5 Å². The zero-order valence-electron chi connectivity index (χ0n) is 12.1. The van der Waals surface area contributed by atoms with Crippen molar-refractivity contribution in [1.29, 1.82) is 0 Å². The summed E-state index contributed by atoms with van der Waals surface area (Å²) in [5.41, 5.74) is 1.81. The van der Waals surface area contributed by atoms with Crippen LogP contribution < -0.4 is 0 Å². The van der Waals surface area contributed by atoms with Crippen LogP contribution in [0.2, 0.25) is 0 Å². The number of hydrogen-bond acceptors (Lipinski definition) is 4. The molecule has 3 nitrogen and oxygen atoms in total. The Kier molecular flexibility index (Phi) is 2.66. The number of nitrogens with zero attached hydrogens (tertiary/aromatic N) is 3. The van der Waals surface area contributed by atoms with Gasteiger partial charge in [0.05, 0.1) is 11.4 Å². The van der Waals surface area contributed by atoms with E-state index in [-0.39, 0.29) is 0 Å². The largest absolute Gasteiger partial charge is 0.264 e. The lowest BCUT2D eigenvalue weighted by Crippen LogP contribution is -1.89. The quantitative estimate of drug-likeness (QED) is 0.434. The van der Waals surface area contributed by atoms with E-state index >= 15 is 0 Å². The monoisotopic (exact) mass is 313 g/mol. The number of rotatable bonds is 1. The Labute approximate surface area is 136 Å². The summed E-state index contributed by atoms with van der Waals surface area (Å²) in [6.45, 7) is 0. The average Bonchev–Trinajstić information content (AvgIpc) is 2.99. The van der Waals surface area contributed by atoms with E-state index in [1.807, 2.05) is 24.5 Å². The van der Waals surface area contributed by atoms with Gasteiger partial charge in [-0.1, -0.05) is 18.2 Å². The molecule has 0 N–H and O–H groups in total. The van der Waals surface area contributed by atoms with E-state index in [4.69, 9.17) is 4.98 Å². The minimum absolute atomic E-state index is 0.904. The van der Waals surface area contributed by atoms with Crippen molar-refractivity contribution in [2.75, 3.05) is 0 Å². The fraction of sp³-hybridized carbons (Fsp3) is 0. The van der Waals surface area contributed by atoms with E-state index in [1.165, 1.54) is 15.5 Å². The van der Waals surface area contributed by atoms with Crippen LogP contribution in [0.4, 0.5) is 0 Å². The first-order chi connectivity index (χ1) is 11.4. The Hall–Kier alpha value is -2.85. The maximum absolute atomic E-state index is 4.87. The van der Waals surface area contributed by atoms with Gasteiger partial charge in [-0.05, 0) is 30.3 Å². The van der Waals surface area contributed by atoms with Gasteiger partial charge >= 0.3 is 0 Å². The van der Waals surface area contributed by atoms with Crippen LogP contribution in [-0.4, -0.2) is 15.0 Å². The van der Waals surface area contributed by atoms with E-state index in [2.05, 4.69) is 46.4 Å². The van der Waals surface area contributed by atoms with Crippen LogP contribution in [0, 0.1) is 0 Å². The van der Waals surface area contributed by atoms with Gasteiger partial charge < -0.3 is 0 Å². The highest BCUT2D eigenvalue weighted by molar-refractivity contribution is 7.25. The fourth-order valence-electron chi connectivity index (χ4n) is 2.96. The van der Waals surface area contributed by atoms with E-state index in [9.17, 15) is 0 Å². The van der Waals surface area contributed by atoms with Gasteiger partial charge in [0.2, 0.25) is 0 Å². The van der Waals surface area contributed by atoms with Gasteiger partial charge in [-0.25, -0.2) is 4.98 Å². The smallest absolute Gasteiger partial charge is 0.125 e. The Bertz CT molecular complexity index is 1170. The summed E-state index contributed by atoms with van der Waals surface area (Å²) in [6.07, 6.45) is 5.47. The molecule has 0 aliphatic carbocycles. The van der Waals surface area contributed by atoms with Gasteiger partial charge in [0.15, 0.2) is 0 Å². The molecule has 0 spiro atoms. The minimum atomic E-state index is 0.904. The molecule has 5 rings (SSSR count). The Morgan fingerprint density at radius 2 is 1.74 bits per heavy atom. The zero-order valence-corrected chi connectivity index (χ0v) is 12.9. The molecule has 1 aromatic carbocycles. The Balaban J connectivity index is 1.81. The van der Waals surface area contributed by atoms with E-state index < -0.39 is 0 Å². The molecule has 108 valence electrons. The summed E-state index contributed by atoms with van der Waals surface area (Å²) in [5, 5.41) is 4.63. The minimum Gasteiger partial charge on any atom is -0.264 e. The summed E-state index contributed by atoms with van der Waals surface area (Å²) in [6, 6.07) is 16.6. The Morgan fingerprint density at radius 1 is 0.783 bits per heavy atom. The zero-order chi connectivity index (χ0) is 15.2. The predicted octanol–water partition coefficient (Wildman–Crippen LogP) is 5.06. The molecule has 0 atom stereocenters. The highest BCUT2D eigenvalue weighted by atomic mass is 32.1. The van der Waals surface area contributed by atoms with Crippen molar-refractivity contribution < 1.29 is 0 Å². The molecule has 23 heavy (non-hydrogen) atoms. The predicted molar refractivity (Wildman–Crippen MR) is 95.7 cm³/mol. The molecular formula is C19H11N3S. The molecule has 0 unspecified atom stereocenters. The molecule has 0 saturated heterocycles.